The second-order valence-electron chi connectivity index (χ2n) is 6.67. The summed E-state index contributed by atoms with van der Waals surface area (Å²) < 4.78 is 5.28. The lowest BCUT2D eigenvalue weighted by Gasteiger charge is -2.14. The average molecular weight is 360 g/mol. The van der Waals surface area contributed by atoms with E-state index >= 15 is 0 Å². The van der Waals surface area contributed by atoms with Crippen molar-refractivity contribution in [3.63, 3.8) is 0 Å². The van der Waals surface area contributed by atoms with E-state index in [2.05, 4.69) is 15.5 Å². The van der Waals surface area contributed by atoms with Gasteiger partial charge in [-0.3, -0.25) is 9.59 Å². The highest BCUT2D eigenvalue weighted by molar-refractivity contribution is 7.15. The lowest BCUT2D eigenvalue weighted by molar-refractivity contribution is -0.128. The molecule has 4 rings (SSSR count). The fourth-order valence-corrected chi connectivity index (χ4v) is 4.44. The van der Waals surface area contributed by atoms with Crippen LogP contribution in [0.3, 0.4) is 0 Å². The highest BCUT2D eigenvalue weighted by Gasteiger charge is 2.35. The van der Waals surface area contributed by atoms with Gasteiger partial charge in [0, 0.05) is 18.9 Å². The summed E-state index contributed by atoms with van der Waals surface area (Å²) in [5, 5.41) is 12.7. The largest absolute Gasteiger partial charge is 0.467 e. The van der Waals surface area contributed by atoms with Gasteiger partial charge in [0.2, 0.25) is 16.9 Å². The van der Waals surface area contributed by atoms with Gasteiger partial charge >= 0.3 is 0 Å². The van der Waals surface area contributed by atoms with Gasteiger partial charge in [0.25, 0.3) is 0 Å². The minimum Gasteiger partial charge on any atom is -0.467 e. The fraction of sp³-hybridized carbons (Fsp3) is 0.529. The molecule has 2 aliphatic rings. The Morgan fingerprint density at radius 3 is 2.96 bits per heavy atom. The highest BCUT2D eigenvalue weighted by Crippen LogP contribution is 2.36. The van der Waals surface area contributed by atoms with Gasteiger partial charge in [-0.05, 0) is 25.0 Å². The summed E-state index contributed by atoms with van der Waals surface area (Å²) in [6, 6.07) is 3.62. The summed E-state index contributed by atoms with van der Waals surface area (Å²) >= 11 is 1.45. The molecule has 1 aliphatic carbocycles. The maximum atomic E-state index is 12.5. The summed E-state index contributed by atoms with van der Waals surface area (Å²) in [4.78, 5) is 26.2. The van der Waals surface area contributed by atoms with E-state index in [0.717, 1.165) is 23.6 Å². The number of hydrogen-bond acceptors (Lipinski definition) is 6. The van der Waals surface area contributed by atoms with Gasteiger partial charge < -0.3 is 14.6 Å². The molecular formula is C17H20N4O3S. The minimum absolute atomic E-state index is 0.0274. The number of furan rings is 1. The number of nitrogens with zero attached hydrogens (tertiary/aromatic N) is 3. The number of nitrogens with one attached hydrogen (secondary N) is 1. The van der Waals surface area contributed by atoms with E-state index in [4.69, 9.17) is 4.42 Å². The summed E-state index contributed by atoms with van der Waals surface area (Å²) in [6.45, 7) is 0.805. The molecular weight excluding hydrogens is 340 g/mol. The molecule has 0 bridgehead atoms. The van der Waals surface area contributed by atoms with Crippen LogP contribution in [0.15, 0.2) is 22.8 Å². The van der Waals surface area contributed by atoms with Crippen LogP contribution in [0.25, 0.3) is 0 Å². The van der Waals surface area contributed by atoms with E-state index < -0.39 is 0 Å². The Bertz CT molecular complexity index is 752. The zero-order valence-corrected chi connectivity index (χ0v) is 14.6. The van der Waals surface area contributed by atoms with E-state index in [9.17, 15) is 9.59 Å². The minimum atomic E-state index is -0.360. The molecule has 0 unspecified atom stereocenters. The summed E-state index contributed by atoms with van der Waals surface area (Å²) in [5.41, 5.74) is 0. The molecule has 1 saturated heterocycles. The Morgan fingerprint density at radius 1 is 1.36 bits per heavy atom. The molecule has 8 heteroatoms. The third kappa shape index (κ3) is 3.58. The van der Waals surface area contributed by atoms with Gasteiger partial charge in [-0.15, -0.1) is 10.2 Å². The molecule has 0 spiro atoms. The molecule has 2 amide bonds. The normalized spacial score (nSPS) is 21.2. The zero-order valence-electron chi connectivity index (χ0n) is 13.8. The first-order chi connectivity index (χ1) is 12.2. The highest BCUT2D eigenvalue weighted by atomic mass is 32.1. The molecule has 0 radical (unpaired) electrons. The molecule has 3 heterocycles. The molecule has 1 saturated carbocycles. The van der Waals surface area contributed by atoms with Crippen LogP contribution in [-0.4, -0.2) is 33.5 Å². The van der Waals surface area contributed by atoms with Crippen molar-refractivity contribution in [2.75, 3.05) is 11.9 Å². The van der Waals surface area contributed by atoms with Gasteiger partial charge in [0.05, 0.1) is 18.7 Å². The second kappa shape index (κ2) is 6.95. The zero-order chi connectivity index (χ0) is 17.2. The molecule has 2 aromatic heterocycles. The predicted octanol–water partition coefficient (Wildman–Crippen LogP) is 2.78. The standard InChI is InChI=1S/C17H20N4O3S/c22-14-8-12(9-21(14)10-13-6-3-7-24-13)15(23)18-17-20-19-16(25-17)11-4-1-2-5-11/h3,6-7,11-12H,1-2,4-5,8-10H2,(H,18,20,23)/t12-/m0/s1. The number of likely N-dealkylation sites (tertiary alicyclic amines) is 1. The second-order valence-corrected chi connectivity index (χ2v) is 7.68. The summed E-state index contributed by atoms with van der Waals surface area (Å²) in [6.07, 6.45) is 6.59. The maximum absolute atomic E-state index is 12.5. The number of amides is 2. The Balaban J connectivity index is 1.34. The number of aromatic nitrogens is 2. The third-order valence-corrected chi connectivity index (χ3v) is 5.89. The van der Waals surface area contributed by atoms with Crippen molar-refractivity contribution in [3.8, 4) is 0 Å². The van der Waals surface area contributed by atoms with Gasteiger partial charge in [-0.2, -0.15) is 0 Å². The van der Waals surface area contributed by atoms with Crippen molar-refractivity contribution < 1.29 is 14.0 Å². The van der Waals surface area contributed by atoms with Gasteiger partial charge in [-0.1, -0.05) is 24.2 Å². The molecule has 25 heavy (non-hydrogen) atoms. The molecule has 1 aliphatic heterocycles. The van der Waals surface area contributed by atoms with E-state index in [-0.39, 0.29) is 24.2 Å². The van der Waals surface area contributed by atoms with E-state index in [0.29, 0.717) is 24.1 Å². The molecule has 7 nitrogen and oxygen atoms in total. The Labute approximate surface area is 149 Å². The number of carbonyl (C=O) groups is 2. The van der Waals surface area contributed by atoms with Crippen LogP contribution in [0.1, 0.15) is 48.8 Å². The van der Waals surface area contributed by atoms with Crippen LogP contribution in [0.5, 0.6) is 0 Å². The van der Waals surface area contributed by atoms with E-state index in [1.165, 1.54) is 24.2 Å². The molecule has 132 valence electrons. The fourth-order valence-electron chi connectivity index (χ4n) is 3.52. The van der Waals surface area contributed by atoms with Crippen molar-refractivity contribution in [1.29, 1.82) is 0 Å². The van der Waals surface area contributed by atoms with Gasteiger partial charge in [0.15, 0.2) is 0 Å². The van der Waals surface area contributed by atoms with Crippen molar-refractivity contribution in [2.24, 2.45) is 5.92 Å². The molecule has 2 fully saturated rings. The van der Waals surface area contributed by atoms with Crippen molar-refractivity contribution in [2.45, 2.75) is 44.6 Å². The van der Waals surface area contributed by atoms with Crippen molar-refractivity contribution >= 4 is 28.3 Å². The van der Waals surface area contributed by atoms with Crippen LogP contribution in [0.4, 0.5) is 5.13 Å². The van der Waals surface area contributed by atoms with E-state index in [1.54, 1.807) is 17.2 Å². The Hall–Kier alpha value is -2.22. The van der Waals surface area contributed by atoms with Gasteiger partial charge in [0.1, 0.15) is 10.8 Å². The van der Waals surface area contributed by atoms with Crippen molar-refractivity contribution in [3.05, 3.63) is 29.2 Å². The first-order valence-electron chi connectivity index (χ1n) is 8.63. The van der Waals surface area contributed by atoms with Gasteiger partial charge in [-0.25, -0.2) is 0 Å². The Kier molecular flexibility index (Phi) is 4.52. The molecule has 1 N–H and O–H groups in total. The van der Waals surface area contributed by atoms with E-state index in [1.807, 2.05) is 6.07 Å². The number of hydrogen-bond donors (Lipinski definition) is 1. The molecule has 1 atom stereocenters. The lowest BCUT2D eigenvalue weighted by atomic mass is 10.1. The SMILES string of the molecule is O=C(Nc1nnc(C2CCCC2)s1)[C@H]1CC(=O)N(Cc2ccco2)C1. The van der Waals surface area contributed by atoms with Crippen molar-refractivity contribution in [1.82, 2.24) is 15.1 Å². The van der Waals surface area contributed by atoms with Crippen LogP contribution in [0, 0.1) is 5.92 Å². The number of rotatable bonds is 5. The first kappa shape index (κ1) is 16.3. The molecule has 0 aromatic carbocycles. The Morgan fingerprint density at radius 2 is 2.20 bits per heavy atom. The monoisotopic (exact) mass is 360 g/mol. The number of carbonyl (C=O) groups excluding carboxylic acids is 2. The van der Waals surface area contributed by atoms with Crippen LogP contribution in [-0.2, 0) is 16.1 Å². The third-order valence-electron chi connectivity index (χ3n) is 4.89. The van der Waals surface area contributed by atoms with Crippen LogP contribution in [0.2, 0.25) is 0 Å². The topological polar surface area (TPSA) is 88.3 Å². The predicted molar refractivity (Wildman–Crippen MR) is 92.0 cm³/mol. The van der Waals surface area contributed by atoms with Crippen LogP contribution >= 0.6 is 11.3 Å². The first-order valence-corrected chi connectivity index (χ1v) is 9.45. The summed E-state index contributed by atoms with van der Waals surface area (Å²) in [7, 11) is 0. The molecule has 2 aromatic rings. The number of anilines is 1. The summed E-state index contributed by atoms with van der Waals surface area (Å²) in [5.74, 6) is 0.658. The smallest absolute Gasteiger partial charge is 0.231 e. The average Bonchev–Trinajstić information content (AvgIpc) is 3.35. The van der Waals surface area contributed by atoms with Crippen LogP contribution < -0.4 is 5.32 Å². The lowest BCUT2D eigenvalue weighted by Crippen LogP contribution is -2.27. The maximum Gasteiger partial charge on any atom is 0.231 e. The quantitative estimate of drug-likeness (QED) is 0.886.